The molecule has 0 bridgehead atoms. The SMILES string of the molecule is O=C1C=C2O[C@H](c3ccc(O)c(O)c3)[C@H](OC(=O)c3cc(O)c(O)c(O)c3)[C@H]3c4c(O)cc(O[C@@H]5O[C@H](CO)[C@@H](O)[C@H](O)[C@H]5O)cc4[C@@H]4[C@H](c5ccc(O)cc5)O[C@@](O)(C1)[C@]234. The lowest BCUT2D eigenvalue weighted by Crippen LogP contribution is -2.60. The zero-order valence-electron chi connectivity index (χ0n) is 31.3. The van der Waals surface area contributed by atoms with Gasteiger partial charge in [-0.3, -0.25) is 4.79 Å². The number of hydrogen-bond donors (Lipinski definition) is 12. The molecule has 0 amide bonds. The number of phenolic OH excluding ortho intramolecular Hbond substituents is 7. The summed E-state index contributed by atoms with van der Waals surface area (Å²) in [5, 5.41) is 128. The fraction of sp³-hybridized carbons (Fsp3) is 0.333. The summed E-state index contributed by atoms with van der Waals surface area (Å²) in [5.41, 5.74) is -1.89. The fourth-order valence-corrected chi connectivity index (χ4v) is 9.64. The first-order valence-electron chi connectivity index (χ1n) is 18.9. The van der Waals surface area contributed by atoms with Gasteiger partial charge in [-0.25, -0.2) is 4.79 Å². The number of rotatable bonds is 7. The number of fused-ring (bicyclic) bond motifs is 3. The van der Waals surface area contributed by atoms with Gasteiger partial charge < -0.3 is 85.0 Å². The van der Waals surface area contributed by atoms with Gasteiger partial charge in [0.15, 0.2) is 52.5 Å². The van der Waals surface area contributed by atoms with Crippen LogP contribution in [0.4, 0.5) is 0 Å². The highest BCUT2D eigenvalue weighted by molar-refractivity contribution is 5.94. The average molecular weight is 847 g/mol. The minimum absolute atomic E-state index is 0.00223. The van der Waals surface area contributed by atoms with Crippen LogP contribution in [0, 0.1) is 5.41 Å². The molecule has 1 spiro atoms. The lowest BCUT2D eigenvalue weighted by atomic mass is 9.57. The van der Waals surface area contributed by atoms with E-state index in [4.69, 9.17) is 23.7 Å². The lowest BCUT2D eigenvalue weighted by Gasteiger charge is -2.54. The van der Waals surface area contributed by atoms with E-state index in [9.17, 15) is 70.9 Å². The number of aliphatic hydroxyl groups excluding tert-OH is 4. The van der Waals surface area contributed by atoms with Crippen molar-refractivity contribution < 1.29 is 94.6 Å². The van der Waals surface area contributed by atoms with E-state index < -0.39 is 137 Å². The quantitative estimate of drug-likeness (QED) is 0.0921. The second-order valence-corrected chi connectivity index (χ2v) is 15.7. The van der Waals surface area contributed by atoms with E-state index in [-0.39, 0.29) is 33.9 Å². The van der Waals surface area contributed by atoms with Crippen LogP contribution in [-0.4, -0.2) is 122 Å². The third kappa shape index (κ3) is 5.92. The first-order valence-corrected chi connectivity index (χ1v) is 18.9. The van der Waals surface area contributed by atoms with Crippen LogP contribution in [0.3, 0.4) is 0 Å². The average Bonchev–Trinajstić information content (AvgIpc) is 3.68. The molecule has 0 aromatic heterocycles. The summed E-state index contributed by atoms with van der Waals surface area (Å²) < 4.78 is 30.8. The molecule has 3 saturated heterocycles. The maximum absolute atomic E-state index is 14.2. The van der Waals surface area contributed by atoms with Gasteiger partial charge in [0, 0.05) is 35.1 Å². The van der Waals surface area contributed by atoms with Crippen molar-refractivity contribution in [3.05, 3.63) is 106 Å². The van der Waals surface area contributed by atoms with Crippen molar-refractivity contribution in [3.63, 3.8) is 0 Å². The summed E-state index contributed by atoms with van der Waals surface area (Å²) in [7, 11) is 0. The maximum Gasteiger partial charge on any atom is 0.338 e. The molecule has 4 aromatic rings. The number of allylic oxidation sites excluding steroid dienone is 1. The molecule has 0 unspecified atom stereocenters. The van der Waals surface area contributed by atoms with Gasteiger partial charge in [-0.15, -0.1) is 0 Å². The van der Waals surface area contributed by atoms with Gasteiger partial charge in [0.2, 0.25) is 6.29 Å². The van der Waals surface area contributed by atoms with Crippen molar-refractivity contribution in [2.75, 3.05) is 6.61 Å². The topological polar surface area (TPSA) is 323 Å². The van der Waals surface area contributed by atoms with Crippen molar-refractivity contribution in [2.45, 2.75) is 73.1 Å². The Morgan fingerprint density at radius 2 is 1.44 bits per heavy atom. The standard InChI is InChI=1S/C42H38O19/c43-14-27-33(52)34(53)35(54)40(58-27)57-20-11-21-29(24(48)12-20)31-38(60-39(55)17-8-25(49)32(51)26(50)9-17)37(16-3-6-22(46)23(47)7-16)59-28-10-19(45)13-41(56)42(28,31)30(21)36(61-41)15-1-4-18(44)5-2-15/h1-12,27,30-31,33-38,40,43-44,46-54,56H,13-14H2/t27-,30-,31-,33-,34+,35-,36+,37-,38-,40-,41+,42+/m1/s1. The summed E-state index contributed by atoms with van der Waals surface area (Å²) in [6.07, 6.45) is -12.5. The van der Waals surface area contributed by atoms with Crippen LogP contribution in [0.25, 0.3) is 0 Å². The normalized spacial score (nSPS) is 33.5. The Kier molecular flexibility index (Phi) is 9.29. The van der Waals surface area contributed by atoms with Gasteiger partial charge >= 0.3 is 5.97 Å². The van der Waals surface area contributed by atoms with Gasteiger partial charge in [-0.1, -0.05) is 18.2 Å². The predicted molar refractivity (Wildman–Crippen MR) is 199 cm³/mol. The summed E-state index contributed by atoms with van der Waals surface area (Å²) in [6, 6.07) is 13.4. The molecule has 0 radical (unpaired) electrons. The Labute approximate surface area is 343 Å². The molecule has 3 heterocycles. The molecule has 2 aliphatic carbocycles. The number of carbonyl (C=O) groups is 2. The van der Waals surface area contributed by atoms with E-state index in [2.05, 4.69) is 0 Å². The monoisotopic (exact) mass is 846 g/mol. The number of carbonyl (C=O) groups excluding carboxylic acids is 2. The van der Waals surface area contributed by atoms with Gasteiger partial charge in [0.05, 0.1) is 24.7 Å². The first-order chi connectivity index (χ1) is 29.0. The zero-order valence-corrected chi connectivity index (χ0v) is 31.3. The van der Waals surface area contributed by atoms with Gasteiger partial charge in [0.1, 0.15) is 52.8 Å². The number of aromatic hydroxyl groups is 7. The number of ether oxygens (including phenoxy) is 5. The molecule has 9 rings (SSSR count). The highest BCUT2D eigenvalue weighted by Gasteiger charge is 2.80. The summed E-state index contributed by atoms with van der Waals surface area (Å²) in [5.74, 6) is -12.0. The Morgan fingerprint density at radius 3 is 2.11 bits per heavy atom. The van der Waals surface area contributed by atoms with Gasteiger partial charge in [-0.2, -0.15) is 0 Å². The van der Waals surface area contributed by atoms with E-state index in [1.54, 1.807) is 0 Å². The number of esters is 1. The van der Waals surface area contributed by atoms with E-state index in [1.165, 1.54) is 36.4 Å². The van der Waals surface area contributed by atoms with Crippen LogP contribution in [-0.2, 0) is 23.7 Å². The van der Waals surface area contributed by atoms with Crippen molar-refractivity contribution in [2.24, 2.45) is 5.41 Å². The molecule has 3 aliphatic heterocycles. The van der Waals surface area contributed by atoms with Crippen LogP contribution >= 0.6 is 0 Å². The van der Waals surface area contributed by atoms with Crippen LogP contribution < -0.4 is 4.74 Å². The molecule has 0 saturated carbocycles. The molecule has 5 aliphatic rings. The number of phenols is 7. The highest BCUT2D eigenvalue weighted by atomic mass is 16.7. The summed E-state index contributed by atoms with van der Waals surface area (Å²) in [6.45, 7) is -0.770. The van der Waals surface area contributed by atoms with Crippen molar-refractivity contribution in [1.82, 2.24) is 0 Å². The molecule has 61 heavy (non-hydrogen) atoms. The minimum Gasteiger partial charge on any atom is -0.508 e. The van der Waals surface area contributed by atoms with Crippen molar-refractivity contribution in [3.8, 4) is 46.0 Å². The van der Waals surface area contributed by atoms with Crippen LogP contribution in [0.2, 0.25) is 0 Å². The Bertz CT molecular complexity index is 2460. The molecular formula is C42H38O19. The minimum atomic E-state index is -2.52. The van der Waals surface area contributed by atoms with Crippen LogP contribution in [0.5, 0.6) is 46.0 Å². The third-order valence-electron chi connectivity index (χ3n) is 12.3. The van der Waals surface area contributed by atoms with Crippen molar-refractivity contribution in [1.29, 1.82) is 0 Å². The van der Waals surface area contributed by atoms with Crippen LogP contribution in [0.15, 0.2) is 78.6 Å². The Morgan fingerprint density at radius 1 is 0.754 bits per heavy atom. The molecule has 19 nitrogen and oxygen atoms in total. The first kappa shape index (κ1) is 40.1. The molecule has 3 fully saturated rings. The Balaban J connectivity index is 1.28. The van der Waals surface area contributed by atoms with Crippen molar-refractivity contribution >= 4 is 11.8 Å². The predicted octanol–water partition coefficient (Wildman–Crippen LogP) is 1.29. The van der Waals surface area contributed by atoms with Gasteiger partial charge in [-0.05, 0) is 53.6 Å². The second kappa shape index (κ2) is 14.1. The molecule has 4 aromatic carbocycles. The number of hydrogen-bond acceptors (Lipinski definition) is 19. The maximum atomic E-state index is 14.2. The molecule has 12 atom stereocenters. The van der Waals surface area contributed by atoms with Gasteiger partial charge in [0.25, 0.3) is 0 Å². The van der Waals surface area contributed by atoms with E-state index >= 15 is 0 Å². The molecular weight excluding hydrogens is 808 g/mol. The zero-order chi connectivity index (χ0) is 43.4. The smallest absolute Gasteiger partial charge is 0.338 e. The van der Waals surface area contributed by atoms with E-state index in [0.29, 0.717) is 5.56 Å². The second-order valence-electron chi connectivity index (χ2n) is 15.7. The molecule has 12 N–H and O–H groups in total. The number of ketones is 1. The molecule has 320 valence electrons. The summed E-state index contributed by atoms with van der Waals surface area (Å²) >= 11 is 0. The highest BCUT2D eigenvalue weighted by Crippen LogP contribution is 2.79. The third-order valence-corrected chi connectivity index (χ3v) is 12.3. The van der Waals surface area contributed by atoms with Crippen LogP contribution in [0.1, 0.15) is 63.1 Å². The fourth-order valence-electron chi connectivity index (χ4n) is 9.64. The lowest BCUT2D eigenvalue weighted by molar-refractivity contribution is -0.277. The largest absolute Gasteiger partial charge is 0.508 e. The summed E-state index contributed by atoms with van der Waals surface area (Å²) in [4.78, 5) is 27.8. The molecule has 19 heteroatoms. The number of aliphatic hydroxyl groups is 5. The number of benzene rings is 4. The van der Waals surface area contributed by atoms with E-state index in [1.807, 2.05) is 0 Å². The van der Waals surface area contributed by atoms with E-state index in [0.717, 1.165) is 36.4 Å². The Hall–Kier alpha value is -6.32.